The van der Waals surface area contributed by atoms with Crippen molar-refractivity contribution in [2.75, 3.05) is 28.2 Å². The minimum Gasteiger partial charge on any atom is -0.508 e. The number of allylic oxidation sites excluding steroid dienone is 3. The molecule has 6 heteroatoms. The van der Waals surface area contributed by atoms with Gasteiger partial charge >= 0.3 is 0 Å². The van der Waals surface area contributed by atoms with E-state index >= 15 is 0 Å². The number of methoxy groups -OCH3 is 4. The lowest BCUT2D eigenvalue weighted by Gasteiger charge is -2.07. The van der Waals surface area contributed by atoms with E-state index in [1.807, 2.05) is 0 Å². The van der Waals surface area contributed by atoms with Crippen LogP contribution in [0.25, 0.3) is 12.1 Å². The van der Waals surface area contributed by atoms with Crippen molar-refractivity contribution >= 4 is 17.9 Å². The summed E-state index contributed by atoms with van der Waals surface area (Å²) in [5.41, 5.74) is -0.559. The molecule has 0 fully saturated rings. The first-order chi connectivity index (χ1) is 20.3. The molecule has 0 aliphatic carbocycles. The molecule has 0 spiro atoms. The Bertz CT molecular complexity index is 1510. The summed E-state index contributed by atoms with van der Waals surface area (Å²) in [4.78, 5) is 12.6. The molecule has 0 unspecified atom stereocenters. The average Bonchev–Trinajstić information content (AvgIpc) is 2.85. The van der Waals surface area contributed by atoms with Crippen molar-refractivity contribution in [2.45, 2.75) is 0 Å². The van der Waals surface area contributed by atoms with Gasteiger partial charge in [0, 0.05) is 6.08 Å². The van der Waals surface area contributed by atoms with E-state index < -0.39 is 86.9 Å². The molecule has 0 aliphatic rings. The second kappa shape index (κ2) is 10.6. The average molecular weight is 413 g/mol. The van der Waals surface area contributed by atoms with Gasteiger partial charge in [-0.3, -0.25) is 4.79 Å². The number of ketones is 1. The van der Waals surface area contributed by atoms with Crippen molar-refractivity contribution in [3.8, 4) is 23.0 Å². The predicted octanol–water partition coefficient (Wildman–Crippen LogP) is 4.46. The zero-order chi connectivity index (χ0) is 34.7. The standard InChI is InChI=1S/C23H24O6/c1-26-20-11-7-16(13-22(20)28-3)5-9-18(24)15-19(25)10-6-17-8-12-21(27-2)23(14-17)29-4/h5-15,24H,1-4H3/i1D3,2D3,3D3,4D3,5D,6D,9D,10D. The molecule has 0 aromatic heterocycles. The molecule has 1 N–H and O–H groups in total. The zero-order valence-corrected chi connectivity index (χ0v) is 14.5. The third-order valence-electron chi connectivity index (χ3n) is 3.26. The smallest absolute Gasteiger partial charge is 0.182 e. The molecule has 0 radical (unpaired) electrons. The highest BCUT2D eigenvalue weighted by molar-refractivity contribution is 6.02. The minimum absolute atomic E-state index is 0.270. The molecule has 2 aromatic rings. The van der Waals surface area contributed by atoms with Crippen LogP contribution in [0.1, 0.15) is 33.1 Å². The number of carbonyl (C=O) groups is 1. The van der Waals surface area contributed by atoms with Gasteiger partial charge in [-0.05, 0) is 47.5 Å². The summed E-state index contributed by atoms with van der Waals surface area (Å²) in [6, 6.07) is 1.96. The van der Waals surface area contributed by atoms with Crippen LogP contribution in [0, 0.1) is 0 Å². The van der Waals surface area contributed by atoms with E-state index in [9.17, 15) is 9.90 Å². The summed E-state index contributed by atoms with van der Waals surface area (Å²) in [6.45, 7) is 0. The lowest BCUT2D eigenvalue weighted by Crippen LogP contribution is -1.91. The van der Waals surface area contributed by atoms with Crippen LogP contribution in [-0.4, -0.2) is 39.0 Å². The molecule has 0 atom stereocenters. The van der Waals surface area contributed by atoms with Gasteiger partial charge < -0.3 is 24.1 Å². The molecule has 2 rings (SSSR count). The van der Waals surface area contributed by atoms with Gasteiger partial charge in [0.15, 0.2) is 28.8 Å². The maximum Gasteiger partial charge on any atom is 0.182 e. The molecule has 0 aliphatic heterocycles. The van der Waals surface area contributed by atoms with E-state index in [2.05, 4.69) is 0 Å². The Hall–Kier alpha value is -3.67. The predicted molar refractivity (Wildman–Crippen MR) is 113 cm³/mol. The molecule has 29 heavy (non-hydrogen) atoms. The van der Waals surface area contributed by atoms with Crippen LogP contribution >= 0.6 is 0 Å². The lowest BCUT2D eigenvalue weighted by molar-refractivity contribution is -0.110. The summed E-state index contributed by atoms with van der Waals surface area (Å²) in [5.74, 6) is -4.83. The Morgan fingerprint density at radius 2 is 1.31 bits per heavy atom. The highest BCUT2D eigenvalue weighted by Gasteiger charge is 2.04. The number of rotatable bonds is 9. The second-order valence-electron chi connectivity index (χ2n) is 5.13. The van der Waals surface area contributed by atoms with Gasteiger partial charge in [0.2, 0.25) is 0 Å². The monoisotopic (exact) mass is 412 g/mol. The lowest BCUT2D eigenvalue weighted by atomic mass is 10.1. The number of hydrogen-bond acceptors (Lipinski definition) is 6. The van der Waals surface area contributed by atoms with Crippen LogP contribution in [0.5, 0.6) is 23.0 Å². The Kier molecular flexibility index (Phi) is 3.06. The highest BCUT2D eigenvalue weighted by atomic mass is 16.5. The quantitative estimate of drug-likeness (QED) is 0.372. The molecule has 0 saturated heterocycles. The van der Waals surface area contributed by atoms with E-state index in [1.165, 1.54) is 0 Å². The van der Waals surface area contributed by atoms with Gasteiger partial charge in [-0.25, -0.2) is 0 Å². The molecular formula is C23H24O6. The Balaban J connectivity index is 2.48. The maximum absolute atomic E-state index is 12.6. The van der Waals surface area contributed by atoms with Crippen LogP contribution in [0.2, 0.25) is 0 Å². The zero-order valence-electron chi connectivity index (χ0n) is 30.5. The first kappa shape index (κ1) is 8.37. The van der Waals surface area contributed by atoms with Crippen LogP contribution in [-0.2, 0) is 4.79 Å². The van der Waals surface area contributed by atoms with Crippen molar-refractivity contribution in [3.05, 3.63) is 71.5 Å². The van der Waals surface area contributed by atoms with Gasteiger partial charge in [0.05, 0.1) is 50.1 Å². The molecule has 0 amide bonds. The Labute approximate surface area is 192 Å². The fourth-order valence-corrected chi connectivity index (χ4v) is 1.97. The fraction of sp³-hybridized carbons (Fsp3) is 0.174. The van der Waals surface area contributed by atoms with Crippen molar-refractivity contribution in [1.29, 1.82) is 0 Å². The van der Waals surface area contributed by atoms with Gasteiger partial charge in [-0.2, -0.15) is 0 Å². The van der Waals surface area contributed by atoms with Gasteiger partial charge in [0.1, 0.15) is 5.76 Å². The van der Waals surface area contributed by atoms with Crippen molar-refractivity contribution in [1.82, 2.24) is 0 Å². The van der Waals surface area contributed by atoms with Gasteiger partial charge in [-0.1, -0.05) is 24.2 Å². The Morgan fingerprint density at radius 3 is 1.83 bits per heavy atom. The number of aliphatic hydroxyl groups excluding tert-OH is 1. The molecule has 0 heterocycles. The molecular weight excluding hydrogens is 372 g/mol. The molecule has 0 bridgehead atoms. The maximum atomic E-state index is 12.6. The second-order valence-corrected chi connectivity index (χ2v) is 5.13. The number of hydrogen-bond donors (Lipinski definition) is 1. The van der Waals surface area contributed by atoms with E-state index in [4.69, 9.17) is 40.9 Å². The van der Waals surface area contributed by atoms with Crippen LogP contribution in [0.15, 0.2) is 60.3 Å². The topological polar surface area (TPSA) is 74.2 Å². The van der Waals surface area contributed by atoms with Crippen molar-refractivity contribution < 1.29 is 50.8 Å². The molecule has 2 aromatic carbocycles. The number of ether oxygens (including phenoxy) is 4. The molecule has 152 valence electrons. The van der Waals surface area contributed by atoms with Gasteiger partial charge in [0.25, 0.3) is 0 Å². The summed E-state index contributed by atoms with van der Waals surface area (Å²) in [5, 5.41) is 10.3. The summed E-state index contributed by atoms with van der Waals surface area (Å²) < 4.78 is 138. The summed E-state index contributed by atoms with van der Waals surface area (Å²) >= 11 is 0. The number of carbonyl (C=O) groups excluding carboxylic acids is 1. The Morgan fingerprint density at radius 1 is 0.828 bits per heavy atom. The number of aliphatic hydroxyl groups is 1. The van der Waals surface area contributed by atoms with E-state index in [1.54, 1.807) is 0 Å². The third-order valence-corrected chi connectivity index (χ3v) is 3.26. The van der Waals surface area contributed by atoms with Gasteiger partial charge in [-0.15, -0.1) is 0 Å². The van der Waals surface area contributed by atoms with Crippen LogP contribution < -0.4 is 18.9 Å². The molecule has 0 saturated carbocycles. The SMILES string of the molecule is [2H]C(C(=O)C=C(O)C([2H])=C([2H])c1ccc(OC([2H])([2H])[2H])c(OC([2H])([2H])[2H])c1)=C([2H])c1ccc(OC([2H])([2H])[2H])c(OC([2H])([2H])[2H])c1. The van der Waals surface area contributed by atoms with Crippen LogP contribution in [0.4, 0.5) is 0 Å². The first-order valence-corrected chi connectivity index (χ1v) is 7.61. The van der Waals surface area contributed by atoms with E-state index in [0.29, 0.717) is 6.08 Å². The fourth-order valence-electron chi connectivity index (χ4n) is 1.97. The normalized spacial score (nSPS) is 22.8. The first-order valence-electron chi connectivity index (χ1n) is 15.6. The van der Waals surface area contributed by atoms with Crippen molar-refractivity contribution in [3.63, 3.8) is 0 Å². The highest BCUT2D eigenvalue weighted by Crippen LogP contribution is 2.29. The van der Waals surface area contributed by atoms with E-state index in [0.717, 1.165) is 36.4 Å². The minimum atomic E-state index is -3.07. The number of benzene rings is 2. The van der Waals surface area contributed by atoms with E-state index in [-0.39, 0.29) is 11.1 Å². The van der Waals surface area contributed by atoms with Crippen LogP contribution in [0.3, 0.4) is 0 Å². The third kappa shape index (κ3) is 6.17. The summed E-state index contributed by atoms with van der Waals surface area (Å²) in [6.07, 6.45) is 0.339. The molecule has 6 nitrogen and oxygen atoms in total. The summed E-state index contributed by atoms with van der Waals surface area (Å²) in [7, 11) is -12.1. The van der Waals surface area contributed by atoms with Crippen molar-refractivity contribution in [2.24, 2.45) is 0 Å². The largest absolute Gasteiger partial charge is 0.508 e.